The molecule has 0 fully saturated rings. The molecule has 1 N–H and O–H groups in total. The second-order valence-corrected chi connectivity index (χ2v) is 9.31. The van der Waals surface area contributed by atoms with Gasteiger partial charge in [0.25, 0.3) is 0 Å². The van der Waals surface area contributed by atoms with Gasteiger partial charge in [0.1, 0.15) is 11.6 Å². The molecule has 1 aliphatic heterocycles. The molecule has 1 aliphatic rings. The number of aromatic nitrogens is 2. The summed E-state index contributed by atoms with van der Waals surface area (Å²) in [6.07, 6.45) is 0. The first kappa shape index (κ1) is 21.2. The largest absolute Gasteiger partial charge is 0.497 e. The van der Waals surface area contributed by atoms with E-state index in [0.717, 1.165) is 33.8 Å². The molecular formula is C26H23N3O3S. The van der Waals surface area contributed by atoms with Gasteiger partial charge in [0.2, 0.25) is 5.91 Å². The van der Waals surface area contributed by atoms with Crippen LogP contribution in [0, 0.1) is 0 Å². The number of ether oxygens (including phenoxy) is 1. The monoisotopic (exact) mass is 457 g/mol. The van der Waals surface area contributed by atoms with Crippen LogP contribution in [-0.2, 0) is 27.1 Å². The Balaban J connectivity index is 1.56. The third-order valence-corrected chi connectivity index (χ3v) is 6.96. The first-order chi connectivity index (χ1) is 16.1. The molecule has 166 valence electrons. The number of methoxy groups -OCH3 is 1. The van der Waals surface area contributed by atoms with Crippen LogP contribution >= 0.6 is 0 Å². The van der Waals surface area contributed by atoms with E-state index in [4.69, 9.17) is 9.84 Å². The van der Waals surface area contributed by atoms with Crippen molar-refractivity contribution < 1.29 is 13.7 Å². The van der Waals surface area contributed by atoms with Crippen molar-refractivity contribution in [2.45, 2.75) is 17.4 Å². The maximum absolute atomic E-state index is 13.7. The topological polar surface area (TPSA) is 73.2 Å². The minimum absolute atomic E-state index is 0.164. The molecule has 0 bridgehead atoms. The summed E-state index contributed by atoms with van der Waals surface area (Å²) in [5, 5.41) is 7.82. The molecule has 0 aliphatic carbocycles. The normalized spacial score (nSPS) is 14.8. The third-order valence-electron chi connectivity index (χ3n) is 5.76. The van der Waals surface area contributed by atoms with E-state index in [2.05, 4.69) is 5.32 Å². The van der Waals surface area contributed by atoms with Crippen LogP contribution in [0.2, 0.25) is 0 Å². The quantitative estimate of drug-likeness (QED) is 0.465. The van der Waals surface area contributed by atoms with Crippen LogP contribution in [0.5, 0.6) is 5.75 Å². The highest BCUT2D eigenvalue weighted by atomic mass is 32.2. The molecule has 3 aromatic carbocycles. The molecule has 0 spiro atoms. The fraction of sp³-hybridized carbons (Fsp3) is 0.154. The van der Waals surface area contributed by atoms with Crippen molar-refractivity contribution in [3.8, 4) is 11.4 Å². The summed E-state index contributed by atoms with van der Waals surface area (Å²) in [5.74, 6) is 1.42. The fourth-order valence-corrected chi connectivity index (χ4v) is 5.41. The van der Waals surface area contributed by atoms with E-state index in [9.17, 15) is 9.00 Å². The third kappa shape index (κ3) is 4.19. The number of nitrogens with one attached hydrogen (secondary N) is 1. The zero-order valence-corrected chi connectivity index (χ0v) is 18.9. The van der Waals surface area contributed by atoms with Gasteiger partial charge in [-0.05, 0) is 35.4 Å². The van der Waals surface area contributed by atoms with Crippen LogP contribution in [-0.4, -0.2) is 27.0 Å². The molecule has 33 heavy (non-hydrogen) atoms. The summed E-state index contributed by atoms with van der Waals surface area (Å²) < 4.78 is 19.2. The van der Waals surface area contributed by atoms with Crippen molar-refractivity contribution >= 4 is 22.5 Å². The maximum atomic E-state index is 13.7. The number of carbonyl (C=O) groups is 1. The van der Waals surface area contributed by atoms with Crippen LogP contribution in [0.4, 0.5) is 5.82 Å². The summed E-state index contributed by atoms with van der Waals surface area (Å²) in [7, 11) is 0.604. The molecule has 4 aromatic rings. The van der Waals surface area contributed by atoms with Crippen molar-refractivity contribution in [2.75, 3.05) is 12.4 Å². The number of fused-ring (bicyclic) bond motifs is 1. The van der Waals surface area contributed by atoms with Crippen LogP contribution in [0.1, 0.15) is 28.3 Å². The molecule has 2 heterocycles. The highest BCUT2D eigenvalue weighted by Gasteiger charge is 2.30. The number of nitrogens with zero attached hydrogens (tertiary/aromatic N) is 2. The van der Waals surface area contributed by atoms with E-state index in [-0.39, 0.29) is 5.91 Å². The first-order valence-corrected chi connectivity index (χ1v) is 12.1. The number of anilines is 1. The standard InChI is InChI=1S/C26H23N3O3S/c1-32-21-14-12-20(13-15-21)29-25(22-16-33(31)17-23(22)28-29)27-26(30)24(18-8-4-2-5-9-18)19-10-6-3-7-11-19/h2-15,24H,16-17H2,1H3,(H,27,30)/t33-/m0/s1. The van der Waals surface area contributed by atoms with Gasteiger partial charge in [0.15, 0.2) is 0 Å². The van der Waals surface area contributed by atoms with E-state index in [1.165, 1.54) is 0 Å². The molecule has 1 aromatic heterocycles. The minimum atomic E-state index is -1.01. The van der Waals surface area contributed by atoms with Crippen molar-refractivity contribution in [1.82, 2.24) is 9.78 Å². The lowest BCUT2D eigenvalue weighted by Gasteiger charge is -2.19. The molecular weight excluding hydrogens is 434 g/mol. The van der Waals surface area contributed by atoms with Gasteiger partial charge in [0.05, 0.1) is 35.9 Å². The smallest absolute Gasteiger partial charge is 0.237 e. The van der Waals surface area contributed by atoms with Gasteiger partial charge in [-0.25, -0.2) is 4.68 Å². The van der Waals surface area contributed by atoms with Crippen LogP contribution in [0.25, 0.3) is 5.69 Å². The Kier molecular flexibility index (Phi) is 5.79. The van der Waals surface area contributed by atoms with Crippen molar-refractivity contribution in [2.24, 2.45) is 0 Å². The van der Waals surface area contributed by atoms with E-state index in [0.29, 0.717) is 17.3 Å². The maximum Gasteiger partial charge on any atom is 0.237 e. The van der Waals surface area contributed by atoms with Gasteiger partial charge in [-0.1, -0.05) is 60.7 Å². The van der Waals surface area contributed by atoms with Crippen LogP contribution in [0.3, 0.4) is 0 Å². The predicted octanol–water partition coefficient (Wildman–Crippen LogP) is 4.41. The Labute approximate surface area is 194 Å². The molecule has 7 heteroatoms. The van der Waals surface area contributed by atoms with Gasteiger partial charge in [0, 0.05) is 16.4 Å². The van der Waals surface area contributed by atoms with Crippen LogP contribution in [0.15, 0.2) is 84.9 Å². The number of rotatable bonds is 6. The van der Waals surface area contributed by atoms with Crippen molar-refractivity contribution in [1.29, 1.82) is 0 Å². The summed E-state index contributed by atoms with van der Waals surface area (Å²) in [6.45, 7) is 0. The lowest BCUT2D eigenvalue weighted by molar-refractivity contribution is -0.116. The zero-order valence-electron chi connectivity index (χ0n) is 18.1. The second-order valence-electron chi connectivity index (χ2n) is 7.86. The fourth-order valence-electron chi connectivity index (χ4n) is 4.14. The van der Waals surface area contributed by atoms with Crippen molar-refractivity contribution in [3.63, 3.8) is 0 Å². The lowest BCUT2D eigenvalue weighted by atomic mass is 9.90. The summed E-state index contributed by atoms with van der Waals surface area (Å²) >= 11 is 0. The van der Waals surface area contributed by atoms with E-state index >= 15 is 0 Å². The molecule has 1 amide bonds. The molecule has 6 nitrogen and oxygen atoms in total. The molecule has 1 atom stereocenters. The van der Waals surface area contributed by atoms with Gasteiger partial charge in [-0.15, -0.1) is 0 Å². The van der Waals surface area contributed by atoms with E-state index in [1.807, 2.05) is 84.9 Å². The Morgan fingerprint density at radius 1 is 0.939 bits per heavy atom. The van der Waals surface area contributed by atoms with Gasteiger partial charge < -0.3 is 10.1 Å². The highest BCUT2D eigenvalue weighted by Crippen LogP contribution is 2.33. The van der Waals surface area contributed by atoms with Crippen LogP contribution < -0.4 is 10.1 Å². The molecule has 5 rings (SSSR count). The van der Waals surface area contributed by atoms with E-state index in [1.54, 1.807) is 11.8 Å². The average Bonchev–Trinajstić information content (AvgIpc) is 3.37. The first-order valence-electron chi connectivity index (χ1n) is 10.6. The summed E-state index contributed by atoms with van der Waals surface area (Å²) in [4.78, 5) is 13.7. The Hall–Kier alpha value is -3.71. The van der Waals surface area contributed by atoms with Gasteiger partial charge in [-0.3, -0.25) is 9.00 Å². The van der Waals surface area contributed by atoms with Crippen molar-refractivity contribution in [3.05, 3.63) is 107 Å². The number of hydrogen-bond donors (Lipinski definition) is 1. The lowest BCUT2D eigenvalue weighted by Crippen LogP contribution is -2.24. The number of benzene rings is 3. The minimum Gasteiger partial charge on any atom is -0.497 e. The van der Waals surface area contributed by atoms with E-state index < -0.39 is 16.7 Å². The average molecular weight is 458 g/mol. The molecule has 0 saturated carbocycles. The second kappa shape index (κ2) is 9.03. The Morgan fingerprint density at radius 3 is 2.12 bits per heavy atom. The SMILES string of the molecule is COc1ccc(-n2nc3c(c2NC(=O)C(c2ccccc2)c2ccccc2)C[S@](=O)C3)cc1. The van der Waals surface area contributed by atoms with Gasteiger partial charge >= 0.3 is 0 Å². The van der Waals surface area contributed by atoms with Gasteiger partial charge in [-0.2, -0.15) is 5.10 Å². The number of hydrogen-bond acceptors (Lipinski definition) is 4. The summed E-state index contributed by atoms with van der Waals surface area (Å²) in [5.41, 5.74) is 4.18. The Bertz CT molecular complexity index is 1260. The Morgan fingerprint density at radius 2 is 1.55 bits per heavy atom. The zero-order chi connectivity index (χ0) is 22.8. The molecule has 0 saturated heterocycles. The highest BCUT2D eigenvalue weighted by molar-refractivity contribution is 7.83. The number of carbonyl (C=O) groups excluding carboxylic acids is 1. The number of amides is 1. The predicted molar refractivity (Wildman–Crippen MR) is 129 cm³/mol. The summed E-state index contributed by atoms with van der Waals surface area (Å²) in [6, 6.07) is 26.9. The molecule has 0 radical (unpaired) electrons. The molecule has 0 unspecified atom stereocenters.